The van der Waals surface area contributed by atoms with Crippen LogP contribution >= 0.6 is 23.4 Å². The monoisotopic (exact) mass is 463 g/mol. The largest absolute Gasteiger partial charge is 0.376 e. The first-order valence-electron chi connectivity index (χ1n) is 11.0. The Bertz CT molecular complexity index is 877. The van der Waals surface area contributed by atoms with Crippen molar-refractivity contribution in [3.8, 4) is 11.4 Å². The molecule has 168 valence electrons. The zero-order valence-corrected chi connectivity index (χ0v) is 19.7. The van der Waals surface area contributed by atoms with Crippen LogP contribution in [0, 0.1) is 0 Å². The van der Waals surface area contributed by atoms with E-state index in [0.717, 1.165) is 68.7 Å². The van der Waals surface area contributed by atoms with Gasteiger partial charge >= 0.3 is 0 Å². The van der Waals surface area contributed by atoms with E-state index in [4.69, 9.17) is 16.3 Å². The summed E-state index contributed by atoms with van der Waals surface area (Å²) in [4.78, 5) is 17.4. The Morgan fingerprint density at radius 2 is 1.97 bits per heavy atom. The van der Waals surface area contributed by atoms with Crippen LogP contribution in [0.4, 0.5) is 0 Å². The molecule has 2 saturated heterocycles. The number of likely N-dealkylation sites (N-methyl/N-ethyl adjacent to an activating group) is 1. The third-order valence-corrected chi connectivity index (χ3v) is 7.31. The molecule has 0 radical (unpaired) electrons. The van der Waals surface area contributed by atoms with Crippen molar-refractivity contribution in [3.63, 3.8) is 0 Å². The van der Waals surface area contributed by atoms with Crippen molar-refractivity contribution in [2.45, 2.75) is 49.7 Å². The second kappa shape index (κ2) is 10.3. The second-order valence-corrected chi connectivity index (χ2v) is 9.82. The number of amides is 1. The topological polar surface area (TPSA) is 63.5 Å². The third-order valence-electron chi connectivity index (χ3n) is 5.99. The maximum Gasteiger partial charge on any atom is 0.235 e. The number of aromatic nitrogens is 3. The molecule has 2 fully saturated rings. The van der Waals surface area contributed by atoms with Crippen molar-refractivity contribution >= 4 is 29.3 Å². The summed E-state index contributed by atoms with van der Waals surface area (Å²) in [6.07, 6.45) is 2.25. The molecule has 0 N–H and O–H groups in total. The van der Waals surface area contributed by atoms with Gasteiger partial charge in [-0.1, -0.05) is 30.3 Å². The first-order chi connectivity index (χ1) is 15.0. The number of halogens is 1. The summed E-state index contributed by atoms with van der Waals surface area (Å²) in [6.45, 7) is 10.1. The summed E-state index contributed by atoms with van der Waals surface area (Å²) >= 11 is 7.55. The first kappa shape index (κ1) is 22.6. The minimum atomic E-state index is -0.223. The lowest BCUT2D eigenvalue weighted by atomic mass is 10.2. The smallest absolute Gasteiger partial charge is 0.235 e. The lowest BCUT2D eigenvalue weighted by molar-refractivity contribution is -0.132. The summed E-state index contributed by atoms with van der Waals surface area (Å²) in [5.41, 5.74) is 0.955. The van der Waals surface area contributed by atoms with Gasteiger partial charge in [0.1, 0.15) is 0 Å². The number of benzene rings is 1. The molecule has 0 unspecified atom stereocenters. The number of thioether (sulfide) groups is 1. The summed E-state index contributed by atoms with van der Waals surface area (Å²) < 4.78 is 7.97. The van der Waals surface area contributed by atoms with Crippen molar-refractivity contribution in [1.29, 1.82) is 0 Å². The molecule has 2 aromatic rings. The molecule has 3 heterocycles. The van der Waals surface area contributed by atoms with Gasteiger partial charge in [-0.25, -0.2) is 0 Å². The van der Waals surface area contributed by atoms with Gasteiger partial charge in [0, 0.05) is 43.4 Å². The molecular weight excluding hydrogens is 434 g/mol. The van der Waals surface area contributed by atoms with E-state index >= 15 is 0 Å². The minimum Gasteiger partial charge on any atom is -0.376 e. The van der Waals surface area contributed by atoms with Gasteiger partial charge in [-0.3, -0.25) is 9.36 Å². The van der Waals surface area contributed by atoms with Gasteiger partial charge < -0.3 is 14.5 Å². The lowest BCUT2D eigenvalue weighted by Gasteiger charge is -2.35. The van der Waals surface area contributed by atoms with E-state index in [9.17, 15) is 4.79 Å². The fourth-order valence-corrected chi connectivity index (χ4v) is 5.16. The van der Waals surface area contributed by atoms with Gasteiger partial charge in [0.2, 0.25) is 5.91 Å². The van der Waals surface area contributed by atoms with Gasteiger partial charge in [0.25, 0.3) is 0 Å². The van der Waals surface area contributed by atoms with Crippen LogP contribution in [-0.4, -0.2) is 81.2 Å². The Labute approximate surface area is 193 Å². The van der Waals surface area contributed by atoms with Gasteiger partial charge in [0.15, 0.2) is 11.0 Å². The van der Waals surface area contributed by atoms with E-state index in [1.807, 2.05) is 36.1 Å². The molecule has 1 aromatic heterocycles. The van der Waals surface area contributed by atoms with E-state index in [-0.39, 0.29) is 17.3 Å². The standard InChI is InChI=1S/C22H30ClN5O2S/c1-3-26-10-12-27(13-11-26)21(29)16(2)31-22-25-24-20(17-6-8-18(23)9-7-17)28(22)15-19-5-4-14-30-19/h6-9,16,19H,3-5,10-15H2,1-2H3/t16-,19-/m1/s1. The van der Waals surface area contributed by atoms with E-state index in [2.05, 4.69) is 26.6 Å². The van der Waals surface area contributed by atoms with Gasteiger partial charge in [0.05, 0.1) is 17.9 Å². The molecule has 4 rings (SSSR count). The average Bonchev–Trinajstić information content (AvgIpc) is 3.45. The van der Waals surface area contributed by atoms with Crippen molar-refractivity contribution < 1.29 is 9.53 Å². The molecule has 9 heteroatoms. The minimum absolute atomic E-state index is 0.148. The highest BCUT2D eigenvalue weighted by Crippen LogP contribution is 2.30. The first-order valence-corrected chi connectivity index (χ1v) is 12.3. The van der Waals surface area contributed by atoms with Crippen LogP contribution < -0.4 is 0 Å². The van der Waals surface area contributed by atoms with E-state index in [0.29, 0.717) is 11.6 Å². The number of hydrogen-bond donors (Lipinski definition) is 0. The highest BCUT2D eigenvalue weighted by atomic mass is 35.5. The van der Waals surface area contributed by atoms with Crippen molar-refractivity contribution in [1.82, 2.24) is 24.6 Å². The van der Waals surface area contributed by atoms with Gasteiger partial charge in [-0.15, -0.1) is 10.2 Å². The maximum absolute atomic E-state index is 13.1. The highest BCUT2D eigenvalue weighted by molar-refractivity contribution is 8.00. The summed E-state index contributed by atoms with van der Waals surface area (Å²) in [7, 11) is 0. The fraction of sp³-hybridized carbons (Fsp3) is 0.591. The van der Waals surface area contributed by atoms with Crippen LogP contribution in [0.1, 0.15) is 26.7 Å². The SMILES string of the molecule is CCN1CCN(C(=O)[C@@H](C)Sc2nnc(-c3ccc(Cl)cc3)n2C[C@H]2CCCO2)CC1. The van der Waals surface area contributed by atoms with Crippen LogP contribution in [-0.2, 0) is 16.1 Å². The molecule has 0 spiro atoms. The molecule has 2 atom stereocenters. The van der Waals surface area contributed by atoms with E-state index in [1.54, 1.807) is 0 Å². The lowest BCUT2D eigenvalue weighted by Crippen LogP contribution is -2.50. The maximum atomic E-state index is 13.1. The van der Waals surface area contributed by atoms with Crippen LogP contribution in [0.3, 0.4) is 0 Å². The van der Waals surface area contributed by atoms with Crippen LogP contribution in [0.2, 0.25) is 5.02 Å². The number of piperazine rings is 1. The van der Waals surface area contributed by atoms with Crippen LogP contribution in [0.25, 0.3) is 11.4 Å². The predicted molar refractivity (Wildman–Crippen MR) is 123 cm³/mol. The Balaban J connectivity index is 1.51. The summed E-state index contributed by atoms with van der Waals surface area (Å²) in [5.74, 6) is 0.950. The Morgan fingerprint density at radius 1 is 1.23 bits per heavy atom. The zero-order valence-electron chi connectivity index (χ0n) is 18.2. The third kappa shape index (κ3) is 5.42. The van der Waals surface area contributed by atoms with Crippen molar-refractivity contribution in [2.24, 2.45) is 0 Å². The number of carbonyl (C=O) groups excluding carboxylic acids is 1. The molecule has 0 saturated carbocycles. The molecule has 31 heavy (non-hydrogen) atoms. The fourth-order valence-electron chi connectivity index (χ4n) is 4.10. The molecule has 2 aliphatic rings. The molecule has 0 aliphatic carbocycles. The highest BCUT2D eigenvalue weighted by Gasteiger charge is 2.28. The van der Waals surface area contributed by atoms with E-state index in [1.165, 1.54) is 11.8 Å². The molecule has 2 aliphatic heterocycles. The summed E-state index contributed by atoms with van der Waals surface area (Å²) in [6, 6.07) is 7.62. The Hall–Kier alpha value is -1.61. The molecular formula is C22H30ClN5O2S. The predicted octanol–water partition coefficient (Wildman–Crippen LogP) is 3.42. The number of ether oxygens (including phenoxy) is 1. The van der Waals surface area contributed by atoms with E-state index < -0.39 is 0 Å². The quantitative estimate of drug-likeness (QED) is 0.586. The number of rotatable bonds is 7. The number of carbonyl (C=O) groups is 1. The van der Waals surface area contributed by atoms with Crippen LogP contribution in [0.15, 0.2) is 29.4 Å². The number of nitrogens with zero attached hydrogens (tertiary/aromatic N) is 5. The van der Waals surface area contributed by atoms with Crippen LogP contribution in [0.5, 0.6) is 0 Å². The average molecular weight is 464 g/mol. The second-order valence-electron chi connectivity index (χ2n) is 8.08. The normalized spacial score (nSPS) is 20.9. The molecule has 7 nitrogen and oxygen atoms in total. The zero-order chi connectivity index (χ0) is 21.8. The van der Waals surface area contributed by atoms with Crippen molar-refractivity contribution in [3.05, 3.63) is 29.3 Å². The van der Waals surface area contributed by atoms with Crippen molar-refractivity contribution in [2.75, 3.05) is 39.3 Å². The Morgan fingerprint density at radius 3 is 2.61 bits per heavy atom. The molecule has 1 amide bonds. The number of hydrogen-bond acceptors (Lipinski definition) is 6. The molecule has 0 bridgehead atoms. The van der Waals surface area contributed by atoms with Gasteiger partial charge in [-0.2, -0.15) is 0 Å². The Kier molecular flexibility index (Phi) is 7.53. The van der Waals surface area contributed by atoms with Gasteiger partial charge in [-0.05, 0) is 50.6 Å². The molecule has 1 aromatic carbocycles. The summed E-state index contributed by atoms with van der Waals surface area (Å²) in [5, 5.41) is 10.1.